The van der Waals surface area contributed by atoms with E-state index < -0.39 is 0 Å². The summed E-state index contributed by atoms with van der Waals surface area (Å²) in [5.41, 5.74) is 6.97. The van der Waals surface area contributed by atoms with Crippen LogP contribution in [0.2, 0.25) is 5.02 Å². The predicted molar refractivity (Wildman–Crippen MR) is 131 cm³/mol. The molecule has 6 heteroatoms. The molecular formula is C27H21ClN2O3. The summed E-state index contributed by atoms with van der Waals surface area (Å²) in [6, 6.07) is 20.5. The molecule has 5 nitrogen and oxygen atoms in total. The minimum atomic E-state index is -0.355. The van der Waals surface area contributed by atoms with Crippen molar-refractivity contribution in [2.75, 3.05) is 5.32 Å². The minimum Gasteiger partial charge on any atom is -0.451 e. The molecule has 0 saturated carbocycles. The van der Waals surface area contributed by atoms with Gasteiger partial charge in [0.15, 0.2) is 11.3 Å². The number of anilines is 1. The SMILES string of the molecule is Cc1ccc2oc(-c3cc(NC(=O)c4ccc(-c5ccc(C)c(C)c5)o4)ccc3Cl)nc2c1. The molecule has 0 fully saturated rings. The van der Waals surface area contributed by atoms with Gasteiger partial charge in [-0.2, -0.15) is 0 Å². The lowest BCUT2D eigenvalue weighted by Gasteiger charge is -2.06. The fourth-order valence-corrected chi connectivity index (χ4v) is 3.82. The van der Waals surface area contributed by atoms with E-state index in [9.17, 15) is 4.79 Å². The number of oxazole rings is 1. The zero-order valence-corrected chi connectivity index (χ0v) is 19.2. The summed E-state index contributed by atoms with van der Waals surface area (Å²) in [7, 11) is 0. The molecule has 2 heterocycles. The number of aryl methyl sites for hydroxylation is 3. The van der Waals surface area contributed by atoms with Crippen molar-refractivity contribution in [3.63, 3.8) is 0 Å². The third-order valence-corrected chi connectivity index (χ3v) is 5.95. The molecule has 0 radical (unpaired) electrons. The zero-order chi connectivity index (χ0) is 23.1. The van der Waals surface area contributed by atoms with Gasteiger partial charge in [-0.25, -0.2) is 4.98 Å². The molecule has 0 aliphatic heterocycles. The van der Waals surface area contributed by atoms with Crippen LogP contribution in [0, 0.1) is 20.8 Å². The van der Waals surface area contributed by atoms with Gasteiger partial charge in [0.25, 0.3) is 5.91 Å². The highest BCUT2D eigenvalue weighted by Crippen LogP contribution is 2.33. The number of carbonyl (C=O) groups excluding carboxylic acids is 1. The summed E-state index contributed by atoms with van der Waals surface area (Å²) in [4.78, 5) is 17.4. The van der Waals surface area contributed by atoms with E-state index in [0.29, 0.717) is 33.5 Å². The molecule has 1 N–H and O–H groups in total. The first-order valence-corrected chi connectivity index (χ1v) is 10.9. The Kier molecular flexibility index (Phi) is 5.27. The zero-order valence-electron chi connectivity index (χ0n) is 18.4. The van der Waals surface area contributed by atoms with E-state index in [1.807, 2.05) is 50.2 Å². The number of rotatable bonds is 4. The maximum absolute atomic E-state index is 12.8. The third-order valence-electron chi connectivity index (χ3n) is 5.62. The van der Waals surface area contributed by atoms with Gasteiger partial charge in [-0.3, -0.25) is 4.79 Å². The maximum Gasteiger partial charge on any atom is 0.291 e. The van der Waals surface area contributed by atoms with Crippen LogP contribution >= 0.6 is 11.6 Å². The van der Waals surface area contributed by atoms with Gasteiger partial charge in [0.05, 0.1) is 10.6 Å². The lowest BCUT2D eigenvalue weighted by Crippen LogP contribution is -2.10. The van der Waals surface area contributed by atoms with Crippen molar-refractivity contribution in [3.8, 4) is 22.8 Å². The van der Waals surface area contributed by atoms with E-state index in [2.05, 4.69) is 17.2 Å². The van der Waals surface area contributed by atoms with Crippen molar-refractivity contribution in [2.45, 2.75) is 20.8 Å². The molecule has 33 heavy (non-hydrogen) atoms. The highest BCUT2D eigenvalue weighted by atomic mass is 35.5. The number of carbonyl (C=O) groups is 1. The van der Waals surface area contributed by atoms with Crippen LogP contribution in [0.3, 0.4) is 0 Å². The van der Waals surface area contributed by atoms with Crippen molar-refractivity contribution in [1.29, 1.82) is 0 Å². The summed E-state index contributed by atoms with van der Waals surface area (Å²) < 4.78 is 11.7. The van der Waals surface area contributed by atoms with E-state index in [0.717, 1.165) is 22.2 Å². The molecule has 1 amide bonds. The predicted octanol–water partition coefficient (Wildman–Crippen LogP) is 7.59. The largest absolute Gasteiger partial charge is 0.451 e. The van der Waals surface area contributed by atoms with Crippen LogP contribution in [-0.2, 0) is 0 Å². The molecule has 3 aromatic carbocycles. The van der Waals surface area contributed by atoms with Gasteiger partial charge in [0.1, 0.15) is 11.3 Å². The Morgan fingerprint density at radius 3 is 2.55 bits per heavy atom. The van der Waals surface area contributed by atoms with Crippen molar-refractivity contribution in [1.82, 2.24) is 4.98 Å². The number of nitrogens with one attached hydrogen (secondary N) is 1. The van der Waals surface area contributed by atoms with Crippen LogP contribution in [0.1, 0.15) is 27.2 Å². The standard InChI is InChI=1S/C27H21ClN2O3/c1-15-4-9-24-22(12-15)30-27(33-24)20-14-19(7-8-21(20)28)29-26(31)25-11-10-23(32-25)18-6-5-16(2)17(3)13-18/h4-14H,1-3H3,(H,29,31). The number of amides is 1. The van der Waals surface area contributed by atoms with Crippen molar-refractivity contribution in [2.24, 2.45) is 0 Å². The molecule has 0 saturated heterocycles. The molecule has 164 valence electrons. The van der Waals surface area contributed by atoms with E-state index in [1.54, 1.807) is 30.3 Å². The van der Waals surface area contributed by atoms with E-state index in [4.69, 9.17) is 20.4 Å². The second-order valence-electron chi connectivity index (χ2n) is 8.10. The molecule has 2 aromatic heterocycles. The summed E-state index contributed by atoms with van der Waals surface area (Å²) in [6.07, 6.45) is 0. The highest BCUT2D eigenvalue weighted by molar-refractivity contribution is 6.33. The van der Waals surface area contributed by atoms with Crippen molar-refractivity contribution >= 4 is 34.3 Å². The molecule has 5 rings (SSSR count). The van der Waals surface area contributed by atoms with Crippen LogP contribution < -0.4 is 5.32 Å². The van der Waals surface area contributed by atoms with Crippen LogP contribution in [0.25, 0.3) is 33.9 Å². The fourth-order valence-electron chi connectivity index (χ4n) is 3.62. The Morgan fingerprint density at radius 1 is 0.879 bits per heavy atom. The maximum atomic E-state index is 12.8. The van der Waals surface area contributed by atoms with Crippen LogP contribution in [0.4, 0.5) is 5.69 Å². The Balaban J connectivity index is 1.40. The summed E-state index contributed by atoms with van der Waals surface area (Å²) >= 11 is 6.41. The van der Waals surface area contributed by atoms with Gasteiger partial charge in [-0.15, -0.1) is 0 Å². The number of fused-ring (bicyclic) bond motifs is 1. The number of furan rings is 1. The second kappa shape index (κ2) is 8.26. The molecule has 5 aromatic rings. The Bertz CT molecular complexity index is 1510. The quantitative estimate of drug-likeness (QED) is 0.302. The first-order chi connectivity index (χ1) is 15.9. The summed E-state index contributed by atoms with van der Waals surface area (Å²) in [5, 5.41) is 3.34. The number of nitrogens with zero attached hydrogens (tertiary/aromatic N) is 1. The van der Waals surface area contributed by atoms with Gasteiger partial charge < -0.3 is 14.2 Å². The van der Waals surface area contributed by atoms with Gasteiger partial charge in [0, 0.05) is 11.3 Å². The van der Waals surface area contributed by atoms with Crippen LogP contribution in [0.5, 0.6) is 0 Å². The minimum absolute atomic E-state index is 0.220. The number of benzene rings is 3. The molecule has 0 unspecified atom stereocenters. The van der Waals surface area contributed by atoms with Crippen molar-refractivity contribution < 1.29 is 13.6 Å². The van der Waals surface area contributed by atoms with E-state index in [1.165, 1.54) is 5.56 Å². The topological polar surface area (TPSA) is 68.3 Å². The highest BCUT2D eigenvalue weighted by Gasteiger charge is 2.16. The number of aromatic nitrogens is 1. The Morgan fingerprint density at radius 2 is 1.73 bits per heavy atom. The summed E-state index contributed by atoms with van der Waals surface area (Å²) in [6.45, 7) is 6.10. The average molecular weight is 457 g/mol. The monoisotopic (exact) mass is 456 g/mol. The first-order valence-electron chi connectivity index (χ1n) is 10.5. The Hall–Kier alpha value is -3.83. The van der Waals surface area contributed by atoms with Crippen LogP contribution in [-0.4, -0.2) is 10.9 Å². The molecular weight excluding hydrogens is 436 g/mol. The molecule has 0 spiro atoms. The average Bonchev–Trinajstić information content (AvgIpc) is 3.44. The number of halogens is 1. The molecule has 0 bridgehead atoms. The van der Waals surface area contributed by atoms with Gasteiger partial charge in [-0.05, 0) is 86.0 Å². The normalized spacial score (nSPS) is 11.2. The molecule has 0 aliphatic carbocycles. The van der Waals surface area contributed by atoms with Gasteiger partial charge in [0.2, 0.25) is 5.89 Å². The first kappa shape index (κ1) is 21.0. The van der Waals surface area contributed by atoms with E-state index in [-0.39, 0.29) is 11.7 Å². The summed E-state index contributed by atoms with van der Waals surface area (Å²) in [5.74, 6) is 0.900. The molecule has 0 atom stereocenters. The smallest absolute Gasteiger partial charge is 0.291 e. The van der Waals surface area contributed by atoms with Gasteiger partial charge in [-0.1, -0.05) is 29.8 Å². The Labute approximate surface area is 196 Å². The number of hydrogen-bond acceptors (Lipinski definition) is 4. The fraction of sp³-hybridized carbons (Fsp3) is 0.111. The molecule has 0 aliphatic rings. The van der Waals surface area contributed by atoms with Crippen molar-refractivity contribution in [3.05, 3.63) is 94.2 Å². The lowest BCUT2D eigenvalue weighted by molar-refractivity contribution is 0.0997. The van der Waals surface area contributed by atoms with Crippen LogP contribution in [0.15, 0.2) is 75.6 Å². The van der Waals surface area contributed by atoms with Gasteiger partial charge >= 0.3 is 0 Å². The lowest BCUT2D eigenvalue weighted by atomic mass is 10.1. The third kappa shape index (κ3) is 4.15. The second-order valence-corrected chi connectivity index (χ2v) is 8.51. The van der Waals surface area contributed by atoms with E-state index >= 15 is 0 Å². The number of hydrogen-bond donors (Lipinski definition) is 1.